The SMILES string of the molecule is OC(c1cc(Br)cc(Br)c1)C1CC1. The number of rotatable bonds is 2. The summed E-state index contributed by atoms with van der Waals surface area (Å²) >= 11 is 6.82. The lowest BCUT2D eigenvalue weighted by atomic mass is 10.1. The van der Waals surface area contributed by atoms with Crippen LogP contribution in [0.15, 0.2) is 27.1 Å². The fraction of sp³-hybridized carbons (Fsp3) is 0.400. The van der Waals surface area contributed by atoms with Gasteiger partial charge in [0.1, 0.15) is 0 Å². The maximum absolute atomic E-state index is 9.87. The minimum absolute atomic E-state index is 0.284. The fourth-order valence-electron chi connectivity index (χ4n) is 1.43. The number of aliphatic hydroxyl groups excluding tert-OH is 1. The van der Waals surface area contributed by atoms with Crippen LogP contribution in [-0.2, 0) is 0 Å². The zero-order valence-electron chi connectivity index (χ0n) is 7.00. The van der Waals surface area contributed by atoms with Gasteiger partial charge in [0, 0.05) is 8.95 Å². The molecule has 1 fully saturated rings. The van der Waals surface area contributed by atoms with Crippen molar-refractivity contribution in [2.24, 2.45) is 5.92 Å². The molecule has 1 aromatic rings. The lowest BCUT2D eigenvalue weighted by molar-refractivity contribution is 0.153. The molecule has 70 valence electrons. The zero-order valence-corrected chi connectivity index (χ0v) is 10.2. The molecule has 1 aromatic carbocycles. The zero-order chi connectivity index (χ0) is 9.42. The Morgan fingerprint density at radius 1 is 1.15 bits per heavy atom. The lowest BCUT2D eigenvalue weighted by Gasteiger charge is -2.10. The van der Waals surface area contributed by atoms with E-state index in [1.165, 1.54) is 0 Å². The molecule has 1 aliphatic rings. The first-order valence-corrected chi connectivity index (χ1v) is 5.89. The van der Waals surface area contributed by atoms with E-state index in [9.17, 15) is 5.11 Å². The largest absolute Gasteiger partial charge is 0.388 e. The summed E-state index contributed by atoms with van der Waals surface area (Å²) in [6.07, 6.45) is 2.03. The Bertz CT molecular complexity index is 300. The van der Waals surface area contributed by atoms with E-state index in [0.717, 1.165) is 27.4 Å². The first-order chi connectivity index (χ1) is 6.16. The average Bonchev–Trinajstić information content (AvgIpc) is 2.83. The summed E-state index contributed by atoms with van der Waals surface area (Å²) in [5.74, 6) is 0.487. The molecule has 13 heavy (non-hydrogen) atoms. The predicted octanol–water partition coefficient (Wildman–Crippen LogP) is 3.66. The highest BCUT2D eigenvalue weighted by Gasteiger charge is 2.30. The molecular weight excluding hydrogens is 296 g/mol. The van der Waals surface area contributed by atoms with Crippen molar-refractivity contribution < 1.29 is 5.11 Å². The van der Waals surface area contributed by atoms with E-state index >= 15 is 0 Å². The van der Waals surface area contributed by atoms with Crippen molar-refractivity contribution in [1.82, 2.24) is 0 Å². The van der Waals surface area contributed by atoms with Crippen molar-refractivity contribution in [1.29, 1.82) is 0 Å². The summed E-state index contributed by atoms with van der Waals surface area (Å²) in [5, 5.41) is 9.87. The Balaban J connectivity index is 2.27. The molecule has 0 radical (unpaired) electrons. The van der Waals surface area contributed by atoms with Gasteiger partial charge < -0.3 is 5.11 Å². The third kappa shape index (κ3) is 2.33. The van der Waals surface area contributed by atoms with Gasteiger partial charge in [0.05, 0.1) is 6.10 Å². The summed E-state index contributed by atoms with van der Waals surface area (Å²) < 4.78 is 2.02. The Hall–Kier alpha value is 0.140. The second-order valence-electron chi connectivity index (χ2n) is 3.49. The lowest BCUT2D eigenvalue weighted by Crippen LogP contribution is -1.99. The van der Waals surface area contributed by atoms with Gasteiger partial charge in [-0.2, -0.15) is 0 Å². The normalized spacial score (nSPS) is 18.7. The van der Waals surface area contributed by atoms with Crippen LogP contribution in [0.4, 0.5) is 0 Å². The van der Waals surface area contributed by atoms with Gasteiger partial charge in [-0.15, -0.1) is 0 Å². The van der Waals surface area contributed by atoms with Crippen LogP contribution in [0.1, 0.15) is 24.5 Å². The number of aliphatic hydroxyl groups is 1. The van der Waals surface area contributed by atoms with Crippen molar-refractivity contribution in [3.8, 4) is 0 Å². The van der Waals surface area contributed by atoms with Crippen LogP contribution >= 0.6 is 31.9 Å². The second-order valence-corrected chi connectivity index (χ2v) is 5.32. The maximum Gasteiger partial charge on any atom is 0.0818 e. The molecule has 0 saturated heterocycles. The Labute approximate surface area is 94.4 Å². The Kier molecular flexibility index (Phi) is 2.77. The van der Waals surface area contributed by atoms with Gasteiger partial charge in [0.25, 0.3) is 0 Å². The highest BCUT2D eigenvalue weighted by atomic mass is 79.9. The van der Waals surface area contributed by atoms with Gasteiger partial charge in [-0.05, 0) is 42.5 Å². The molecule has 0 aromatic heterocycles. The van der Waals surface area contributed by atoms with Crippen LogP contribution in [0, 0.1) is 5.92 Å². The second kappa shape index (κ2) is 3.71. The van der Waals surface area contributed by atoms with Crippen LogP contribution < -0.4 is 0 Å². The maximum atomic E-state index is 9.87. The molecule has 0 spiro atoms. The number of hydrogen-bond acceptors (Lipinski definition) is 1. The highest BCUT2D eigenvalue weighted by Crippen LogP contribution is 2.41. The molecule has 0 heterocycles. The molecule has 1 saturated carbocycles. The van der Waals surface area contributed by atoms with E-state index < -0.39 is 0 Å². The smallest absolute Gasteiger partial charge is 0.0818 e. The molecule has 2 rings (SSSR count). The first kappa shape index (κ1) is 9.69. The van der Waals surface area contributed by atoms with Crippen LogP contribution in [0.2, 0.25) is 0 Å². The van der Waals surface area contributed by atoms with E-state index in [1.807, 2.05) is 18.2 Å². The van der Waals surface area contributed by atoms with E-state index in [-0.39, 0.29) is 6.10 Å². The molecule has 0 amide bonds. The van der Waals surface area contributed by atoms with Gasteiger partial charge in [0.2, 0.25) is 0 Å². The minimum Gasteiger partial charge on any atom is -0.388 e. The predicted molar refractivity (Wildman–Crippen MR) is 59.5 cm³/mol. The summed E-state index contributed by atoms with van der Waals surface area (Å²) in [7, 11) is 0. The number of benzene rings is 1. The summed E-state index contributed by atoms with van der Waals surface area (Å²) in [6.45, 7) is 0. The molecule has 3 heteroatoms. The van der Waals surface area contributed by atoms with Gasteiger partial charge in [-0.3, -0.25) is 0 Å². The highest BCUT2D eigenvalue weighted by molar-refractivity contribution is 9.11. The van der Waals surface area contributed by atoms with Crippen molar-refractivity contribution in [2.45, 2.75) is 18.9 Å². The van der Waals surface area contributed by atoms with E-state index in [4.69, 9.17) is 0 Å². The van der Waals surface area contributed by atoms with Gasteiger partial charge in [0.15, 0.2) is 0 Å². The van der Waals surface area contributed by atoms with Gasteiger partial charge in [-0.25, -0.2) is 0 Å². The van der Waals surface area contributed by atoms with Crippen LogP contribution in [0.5, 0.6) is 0 Å². The van der Waals surface area contributed by atoms with E-state index in [2.05, 4.69) is 31.9 Å². The Morgan fingerprint density at radius 3 is 2.15 bits per heavy atom. The molecular formula is C10H10Br2O. The summed E-state index contributed by atoms with van der Waals surface area (Å²) in [5.41, 5.74) is 1.00. The number of hydrogen-bond donors (Lipinski definition) is 1. The molecule has 0 aliphatic heterocycles. The molecule has 1 aliphatic carbocycles. The Morgan fingerprint density at radius 2 is 1.69 bits per heavy atom. The quantitative estimate of drug-likeness (QED) is 0.884. The van der Waals surface area contributed by atoms with Crippen molar-refractivity contribution >= 4 is 31.9 Å². The molecule has 1 N–H and O–H groups in total. The van der Waals surface area contributed by atoms with Gasteiger partial charge >= 0.3 is 0 Å². The molecule has 1 unspecified atom stereocenters. The number of halogens is 2. The van der Waals surface area contributed by atoms with Crippen LogP contribution in [-0.4, -0.2) is 5.11 Å². The van der Waals surface area contributed by atoms with E-state index in [0.29, 0.717) is 5.92 Å². The van der Waals surface area contributed by atoms with Gasteiger partial charge in [-0.1, -0.05) is 31.9 Å². The van der Waals surface area contributed by atoms with Crippen molar-refractivity contribution in [3.05, 3.63) is 32.7 Å². The minimum atomic E-state index is -0.284. The standard InChI is InChI=1S/C10H10Br2O/c11-8-3-7(4-9(12)5-8)10(13)6-1-2-6/h3-6,10,13H,1-2H2. The van der Waals surface area contributed by atoms with Crippen molar-refractivity contribution in [2.75, 3.05) is 0 Å². The average molecular weight is 306 g/mol. The van der Waals surface area contributed by atoms with Crippen molar-refractivity contribution in [3.63, 3.8) is 0 Å². The topological polar surface area (TPSA) is 20.2 Å². The fourth-order valence-corrected chi connectivity index (χ4v) is 2.76. The third-order valence-electron chi connectivity index (χ3n) is 2.29. The molecule has 1 atom stereocenters. The first-order valence-electron chi connectivity index (χ1n) is 4.31. The van der Waals surface area contributed by atoms with E-state index in [1.54, 1.807) is 0 Å². The van der Waals surface area contributed by atoms with Crippen LogP contribution in [0.25, 0.3) is 0 Å². The third-order valence-corrected chi connectivity index (χ3v) is 3.21. The summed E-state index contributed by atoms with van der Waals surface area (Å²) in [6, 6.07) is 5.94. The molecule has 0 bridgehead atoms. The monoisotopic (exact) mass is 304 g/mol. The molecule has 1 nitrogen and oxygen atoms in total. The summed E-state index contributed by atoms with van der Waals surface area (Å²) in [4.78, 5) is 0. The van der Waals surface area contributed by atoms with Crippen LogP contribution in [0.3, 0.4) is 0 Å².